The van der Waals surface area contributed by atoms with Crippen LogP contribution in [0.1, 0.15) is 17.2 Å². The summed E-state index contributed by atoms with van der Waals surface area (Å²) in [5, 5.41) is 6.93. The number of nitrogens with zero attached hydrogens (tertiary/aromatic N) is 1. The molecule has 3 rings (SSSR count). The molecule has 21 heavy (non-hydrogen) atoms. The van der Waals surface area contributed by atoms with E-state index >= 15 is 0 Å². The van der Waals surface area contributed by atoms with Crippen LogP contribution < -0.4 is 5.32 Å². The molecule has 1 N–H and O–H groups in total. The van der Waals surface area contributed by atoms with E-state index in [0.29, 0.717) is 10.0 Å². The van der Waals surface area contributed by atoms with Gasteiger partial charge in [-0.2, -0.15) is 0 Å². The zero-order valence-corrected chi connectivity index (χ0v) is 13.0. The zero-order chi connectivity index (χ0) is 14.8. The van der Waals surface area contributed by atoms with E-state index in [9.17, 15) is 0 Å². The van der Waals surface area contributed by atoms with Crippen LogP contribution >= 0.6 is 23.2 Å². The first kappa shape index (κ1) is 14.3. The van der Waals surface area contributed by atoms with E-state index in [2.05, 4.69) is 22.4 Å². The van der Waals surface area contributed by atoms with Gasteiger partial charge in [-0.1, -0.05) is 47.5 Å². The van der Waals surface area contributed by atoms with Crippen LogP contribution in [-0.4, -0.2) is 12.0 Å². The van der Waals surface area contributed by atoms with E-state index in [1.165, 1.54) is 0 Å². The van der Waals surface area contributed by atoms with E-state index < -0.39 is 0 Å². The predicted molar refractivity (Wildman–Crippen MR) is 89.1 cm³/mol. The maximum Gasteiger partial charge on any atom is 0.0611 e. The smallest absolute Gasteiger partial charge is 0.0611 e. The topological polar surface area (TPSA) is 24.9 Å². The molecule has 1 aromatic heterocycles. The Morgan fingerprint density at radius 3 is 2.62 bits per heavy atom. The molecule has 0 saturated carbocycles. The fourth-order valence-corrected chi connectivity index (χ4v) is 2.99. The molecule has 1 heterocycles. The maximum atomic E-state index is 6.35. The molecule has 4 heteroatoms. The third kappa shape index (κ3) is 2.75. The second-order valence-corrected chi connectivity index (χ2v) is 5.68. The van der Waals surface area contributed by atoms with Crippen molar-refractivity contribution in [2.24, 2.45) is 0 Å². The van der Waals surface area contributed by atoms with Crippen LogP contribution in [0.3, 0.4) is 0 Å². The SMILES string of the molecule is CNC(c1cc(Cl)ccc1Cl)c1cncc2ccccc12. The Kier molecular flexibility index (Phi) is 4.11. The predicted octanol–water partition coefficient (Wildman–Crippen LogP) is 4.85. The number of hydrogen-bond donors (Lipinski definition) is 1. The van der Waals surface area contributed by atoms with Gasteiger partial charge >= 0.3 is 0 Å². The second-order valence-electron chi connectivity index (χ2n) is 4.84. The van der Waals surface area contributed by atoms with Gasteiger partial charge in [0.1, 0.15) is 0 Å². The highest BCUT2D eigenvalue weighted by Crippen LogP contribution is 2.33. The summed E-state index contributed by atoms with van der Waals surface area (Å²) in [5.41, 5.74) is 2.03. The monoisotopic (exact) mass is 316 g/mol. The van der Waals surface area contributed by atoms with Crippen molar-refractivity contribution in [3.8, 4) is 0 Å². The van der Waals surface area contributed by atoms with Gasteiger partial charge in [0.2, 0.25) is 0 Å². The molecule has 0 aliphatic carbocycles. The van der Waals surface area contributed by atoms with E-state index in [0.717, 1.165) is 21.9 Å². The highest BCUT2D eigenvalue weighted by atomic mass is 35.5. The number of halogens is 2. The van der Waals surface area contributed by atoms with E-state index in [1.807, 2.05) is 43.7 Å². The summed E-state index contributed by atoms with van der Waals surface area (Å²) in [6.07, 6.45) is 3.74. The van der Waals surface area contributed by atoms with Gasteiger partial charge in [0.25, 0.3) is 0 Å². The molecule has 0 aliphatic rings. The van der Waals surface area contributed by atoms with Crippen molar-refractivity contribution < 1.29 is 0 Å². The summed E-state index contributed by atoms with van der Waals surface area (Å²) >= 11 is 12.5. The molecule has 2 nitrogen and oxygen atoms in total. The average molecular weight is 317 g/mol. The number of aromatic nitrogens is 1. The molecular weight excluding hydrogens is 303 g/mol. The molecule has 0 aliphatic heterocycles. The Labute approximate surface area is 133 Å². The Balaban J connectivity index is 2.21. The van der Waals surface area contributed by atoms with Gasteiger partial charge in [-0.05, 0) is 41.8 Å². The Hall–Kier alpha value is -1.61. The molecule has 2 aromatic carbocycles. The summed E-state index contributed by atoms with van der Waals surface area (Å²) in [6.45, 7) is 0. The van der Waals surface area contributed by atoms with Crippen LogP contribution in [-0.2, 0) is 0 Å². The van der Waals surface area contributed by atoms with Gasteiger partial charge in [-0.15, -0.1) is 0 Å². The van der Waals surface area contributed by atoms with Crippen molar-refractivity contribution in [3.05, 3.63) is 76.0 Å². The van der Waals surface area contributed by atoms with Crippen LogP contribution in [0.25, 0.3) is 10.8 Å². The van der Waals surface area contributed by atoms with Gasteiger partial charge in [-0.25, -0.2) is 0 Å². The third-order valence-electron chi connectivity index (χ3n) is 3.57. The summed E-state index contributed by atoms with van der Waals surface area (Å²) in [4.78, 5) is 4.34. The van der Waals surface area contributed by atoms with Gasteiger partial charge in [0.15, 0.2) is 0 Å². The normalized spacial score (nSPS) is 12.5. The molecule has 3 aromatic rings. The van der Waals surface area contributed by atoms with E-state index in [-0.39, 0.29) is 6.04 Å². The van der Waals surface area contributed by atoms with Crippen LogP contribution in [0.5, 0.6) is 0 Å². The van der Waals surface area contributed by atoms with Crippen molar-refractivity contribution in [3.63, 3.8) is 0 Å². The molecule has 1 atom stereocenters. The quantitative estimate of drug-likeness (QED) is 0.747. The second kappa shape index (κ2) is 6.02. The minimum atomic E-state index is -0.0604. The highest BCUT2D eigenvalue weighted by molar-refractivity contribution is 6.33. The minimum Gasteiger partial charge on any atom is -0.309 e. The maximum absolute atomic E-state index is 6.35. The van der Waals surface area contributed by atoms with Crippen molar-refractivity contribution in [1.29, 1.82) is 0 Å². The summed E-state index contributed by atoms with van der Waals surface area (Å²) < 4.78 is 0. The average Bonchev–Trinajstić information content (AvgIpc) is 2.51. The molecule has 0 fully saturated rings. The lowest BCUT2D eigenvalue weighted by Crippen LogP contribution is -2.18. The van der Waals surface area contributed by atoms with Crippen molar-refractivity contribution >= 4 is 34.0 Å². The summed E-state index contributed by atoms with van der Waals surface area (Å²) in [5.74, 6) is 0. The number of hydrogen-bond acceptors (Lipinski definition) is 2. The third-order valence-corrected chi connectivity index (χ3v) is 4.15. The van der Waals surface area contributed by atoms with Gasteiger partial charge < -0.3 is 5.32 Å². The minimum absolute atomic E-state index is 0.0604. The summed E-state index contributed by atoms with van der Waals surface area (Å²) in [7, 11) is 1.91. The molecule has 0 spiro atoms. The zero-order valence-electron chi connectivity index (χ0n) is 11.5. The number of fused-ring (bicyclic) bond motifs is 1. The van der Waals surface area contributed by atoms with Gasteiger partial charge in [-0.3, -0.25) is 4.98 Å². The van der Waals surface area contributed by atoms with Gasteiger partial charge in [0.05, 0.1) is 6.04 Å². The fourth-order valence-electron chi connectivity index (χ4n) is 2.58. The standard InChI is InChI=1S/C17H14Cl2N2/c1-20-17(14-8-12(18)6-7-16(14)19)15-10-21-9-11-4-2-3-5-13(11)15/h2-10,17,20H,1H3. The first-order chi connectivity index (χ1) is 10.2. The Morgan fingerprint density at radius 2 is 1.81 bits per heavy atom. The van der Waals surface area contributed by atoms with Crippen LogP contribution in [0, 0.1) is 0 Å². The van der Waals surface area contributed by atoms with Crippen LogP contribution in [0.15, 0.2) is 54.9 Å². The fraction of sp³-hybridized carbons (Fsp3) is 0.118. The highest BCUT2D eigenvalue weighted by Gasteiger charge is 2.18. The molecule has 0 amide bonds. The first-order valence-electron chi connectivity index (χ1n) is 6.65. The van der Waals surface area contributed by atoms with Crippen molar-refractivity contribution in [2.45, 2.75) is 6.04 Å². The Bertz CT molecular complexity index is 781. The molecule has 0 bridgehead atoms. The molecule has 0 radical (unpaired) electrons. The molecule has 106 valence electrons. The Morgan fingerprint density at radius 1 is 1.00 bits per heavy atom. The molecule has 0 saturated heterocycles. The lowest BCUT2D eigenvalue weighted by molar-refractivity contribution is 0.694. The number of benzene rings is 2. The van der Waals surface area contributed by atoms with Crippen molar-refractivity contribution in [1.82, 2.24) is 10.3 Å². The lowest BCUT2D eigenvalue weighted by atomic mass is 9.96. The van der Waals surface area contributed by atoms with E-state index in [4.69, 9.17) is 23.2 Å². The number of rotatable bonds is 3. The molecule has 1 unspecified atom stereocenters. The van der Waals surface area contributed by atoms with Crippen LogP contribution in [0.2, 0.25) is 10.0 Å². The van der Waals surface area contributed by atoms with Crippen molar-refractivity contribution in [2.75, 3.05) is 7.05 Å². The largest absolute Gasteiger partial charge is 0.309 e. The van der Waals surface area contributed by atoms with E-state index in [1.54, 1.807) is 6.07 Å². The number of nitrogens with one attached hydrogen (secondary N) is 1. The molecular formula is C17H14Cl2N2. The number of pyridine rings is 1. The summed E-state index contributed by atoms with van der Waals surface area (Å²) in [6, 6.07) is 13.6. The first-order valence-corrected chi connectivity index (χ1v) is 7.41. The van der Waals surface area contributed by atoms with Crippen LogP contribution in [0.4, 0.5) is 0 Å². The lowest BCUT2D eigenvalue weighted by Gasteiger charge is -2.20. The van der Waals surface area contributed by atoms with Gasteiger partial charge in [0, 0.05) is 27.8 Å².